The number of nitro groups is 1. The Morgan fingerprint density at radius 2 is 1.92 bits per heavy atom. The number of carbonyl (C=O) groups is 1. The molecule has 0 atom stereocenters. The van der Waals surface area contributed by atoms with Gasteiger partial charge in [-0.15, -0.1) is 0 Å². The van der Waals surface area contributed by atoms with Crippen LogP contribution in [0.25, 0.3) is 6.08 Å². The Hall–Kier alpha value is -3.44. The maximum absolute atomic E-state index is 12.5. The third-order valence-electron chi connectivity index (χ3n) is 5.28. The van der Waals surface area contributed by atoms with E-state index in [9.17, 15) is 14.9 Å². The van der Waals surface area contributed by atoms with Crippen molar-refractivity contribution < 1.29 is 23.9 Å². The zero-order chi connectivity index (χ0) is 25.8. The molecular weight excluding hydrogens is 599 g/mol. The maximum atomic E-state index is 12.5. The molecule has 0 fully saturated rings. The molecule has 8 nitrogen and oxygen atoms in total. The largest absolute Gasteiger partial charge is 0.490 e. The maximum Gasteiger partial charge on any atom is 0.363 e. The summed E-state index contributed by atoms with van der Waals surface area (Å²) >= 11 is 8.10. The first-order valence-corrected chi connectivity index (χ1v) is 12.3. The molecule has 1 heterocycles. The van der Waals surface area contributed by atoms with Gasteiger partial charge in [-0.3, -0.25) is 10.1 Å². The van der Waals surface area contributed by atoms with Gasteiger partial charge >= 0.3 is 5.97 Å². The van der Waals surface area contributed by atoms with Crippen LogP contribution >= 0.6 is 34.2 Å². The zero-order valence-corrected chi connectivity index (χ0v) is 22.2. The molecule has 0 N–H and O–H groups in total. The molecule has 3 aromatic carbocycles. The van der Waals surface area contributed by atoms with Gasteiger partial charge in [0.05, 0.1) is 15.1 Å². The second kappa shape index (κ2) is 11.1. The molecule has 184 valence electrons. The summed E-state index contributed by atoms with van der Waals surface area (Å²) in [7, 11) is 0. The number of ether oxygens (including phenoxy) is 3. The fourth-order valence-electron chi connectivity index (χ4n) is 3.55. The van der Waals surface area contributed by atoms with E-state index in [1.54, 1.807) is 37.3 Å². The van der Waals surface area contributed by atoms with Crippen molar-refractivity contribution in [1.82, 2.24) is 0 Å². The van der Waals surface area contributed by atoms with Crippen molar-refractivity contribution in [2.24, 2.45) is 4.99 Å². The molecule has 0 aliphatic carbocycles. The zero-order valence-electron chi connectivity index (χ0n) is 19.3. The van der Waals surface area contributed by atoms with Crippen LogP contribution in [0.15, 0.2) is 65.3 Å². The highest BCUT2D eigenvalue weighted by Gasteiger charge is 2.27. The van der Waals surface area contributed by atoms with Gasteiger partial charge < -0.3 is 14.2 Å². The Kier molecular flexibility index (Phi) is 7.90. The van der Waals surface area contributed by atoms with Crippen molar-refractivity contribution in [2.75, 3.05) is 6.61 Å². The van der Waals surface area contributed by atoms with Gasteiger partial charge in [0, 0.05) is 22.2 Å². The lowest BCUT2D eigenvalue weighted by atomic mass is 10.1. The second-order valence-corrected chi connectivity index (χ2v) is 9.32. The SMILES string of the molecule is CCOc1cc(/C=C2\N=C(c3cccc([N+](=O)[O-])c3C)OC2=O)cc(I)c1OCc1ccc(Cl)cc1. The van der Waals surface area contributed by atoms with Crippen molar-refractivity contribution >= 4 is 57.8 Å². The highest BCUT2D eigenvalue weighted by molar-refractivity contribution is 14.1. The van der Waals surface area contributed by atoms with Crippen LogP contribution in [0, 0.1) is 20.6 Å². The number of esters is 1. The molecular formula is C26H20ClIN2O6. The van der Waals surface area contributed by atoms with Crippen LogP contribution in [0.3, 0.4) is 0 Å². The van der Waals surface area contributed by atoms with Crippen molar-refractivity contribution in [3.8, 4) is 11.5 Å². The third kappa shape index (κ3) is 5.68. The molecule has 0 spiro atoms. The predicted octanol–water partition coefficient (Wildman–Crippen LogP) is 6.48. The van der Waals surface area contributed by atoms with E-state index in [4.69, 9.17) is 25.8 Å². The summed E-state index contributed by atoms with van der Waals surface area (Å²) in [6.07, 6.45) is 1.58. The molecule has 0 bridgehead atoms. The van der Waals surface area contributed by atoms with E-state index >= 15 is 0 Å². The van der Waals surface area contributed by atoms with Gasteiger partial charge in [0.15, 0.2) is 17.2 Å². The standard InChI is InChI=1S/C26H20ClIN2O6/c1-3-34-23-13-17(11-20(28)24(23)35-14-16-7-9-18(27)10-8-16)12-21-26(31)36-25(29-21)19-5-4-6-22(15(19)2)30(32)33/h4-13H,3,14H2,1-2H3/b21-12-. The quantitative estimate of drug-likeness (QED) is 0.0942. The summed E-state index contributed by atoms with van der Waals surface area (Å²) in [6, 6.07) is 15.5. The Morgan fingerprint density at radius 1 is 1.17 bits per heavy atom. The summed E-state index contributed by atoms with van der Waals surface area (Å²) in [4.78, 5) is 27.6. The fourth-order valence-corrected chi connectivity index (χ4v) is 4.45. The van der Waals surface area contributed by atoms with Crippen LogP contribution < -0.4 is 9.47 Å². The molecule has 1 aliphatic heterocycles. The van der Waals surface area contributed by atoms with E-state index in [2.05, 4.69) is 27.6 Å². The molecule has 0 saturated carbocycles. The van der Waals surface area contributed by atoms with Gasteiger partial charge in [0.1, 0.15) is 6.61 Å². The fraction of sp³-hybridized carbons (Fsp3) is 0.154. The molecule has 0 amide bonds. The van der Waals surface area contributed by atoms with E-state index in [0.717, 1.165) is 9.13 Å². The topological polar surface area (TPSA) is 100 Å². The van der Waals surface area contributed by atoms with Crippen molar-refractivity contribution in [3.63, 3.8) is 0 Å². The minimum atomic E-state index is -0.646. The number of hydrogen-bond acceptors (Lipinski definition) is 7. The van der Waals surface area contributed by atoms with E-state index in [-0.39, 0.29) is 17.3 Å². The number of cyclic esters (lactones) is 1. The monoisotopic (exact) mass is 618 g/mol. The van der Waals surface area contributed by atoms with Crippen LogP contribution in [0.4, 0.5) is 5.69 Å². The number of nitrogens with zero attached hydrogens (tertiary/aromatic N) is 2. The number of nitro benzene ring substituents is 1. The van der Waals surface area contributed by atoms with Crippen molar-refractivity contribution in [1.29, 1.82) is 0 Å². The summed E-state index contributed by atoms with van der Waals surface area (Å²) in [5, 5.41) is 11.9. The number of hydrogen-bond donors (Lipinski definition) is 0. The lowest BCUT2D eigenvalue weighted by Crippen LogP contribution is -2.08. The molecule has 0 radical (unpaired) electrons. The van der Waals surface area contributed by atoms with Crippen LogP contribution in [0.5, 0.6) is 11.5 Å². The highest BCUT2D eigenvalue weighted by Crippen LogP contribution is 2.36. The van der Waals surface area contributed by atoms with Gasteiger partial charge in [-0.05, 0) is 84.0 Å². The molecule has 4 rings (SSSR count). The summed E-state index contributed by atoms with van der Waals surface area (Å²) < 4.78 is 18.0. The molecule has 36 heavy (non-hydrogen) atoms. The number of carbonyl (C=O) groups excluding carboxylic acids is 1. The lowest BCUT2D eigenvalue weighted by molar-refractivity contribution is -0.385. The third-order valence-corrected chi connectivity index (χ3v) is 6.34. The van der Waals surface area contributed by atoms with Crippen molar-refractivity contribution in [2.45, 2.75) is 20.5 Å². The lowest BCUT2D eigenvalue weighted by Gasteiger charge is -2.15. The first-order chi connectivity index (χ1) is 17.3. The van der Waals surface area contributed by atoms with Crippen molar-refractivity contribution in [3.05, 3.63) is 101 Å². The summed E-state index contributed by atoms with van der Waals surface area (Å²) in [5.41, 5.74) is 2.37. The van der Waals surface area contributed by atoms with Crippen LogP contribution in [0.1, 0.15) is 29.2 Å². The average Bonchev–Trinajstić information content (AvgIpc) is 3.19. The molecule has 0 saturated heterocycles. The van der Waals surface area contributed by atoms with Crippen LogP contribution in [-0.2, 0) is 16.1 Å². The van der Waals surface area contributed by atoms with Crippen LogP contribution in [0.2, 0.25) is 5.02 Å². The Balaban J connectivity index is 1.63. The van der Waals surface area contributed by atoms with E-state index < -0.39 is 10.9 Å². The normalized spacial score (nSPS) is 13.9. The summed E-state index contributed by atoms with van der Waals surface area (Å²) in [6.45, 7) is 4.21. The minimum Gasteiger partial charge on any atom is -0.490 e. The molecule has 0 unspecified atom stereocenters. The highest BCUT2D eigenvalue weighted by atomic mass is 127. The van der Waals surface area contributed by atoms with E-state index in [1.807, 2.05) is 25.1 Å². The molecule has 3 aromatic rings. The van der Waals surface area contributed by atoms with E-state index in [1.165, 1.54) is 12.1 Å². The summed E-state index contributed by atoms with van der Waals surface area (Å²) in [5.74, 6) is 0.484. The smallest absolute Gasteiger partial charge is 0.363 e. The van der Waals surface area contributed by atoms with Gasteiger partial charge in [0.25, 0.3) is 5.69 Å². The van der Waals surface area contributed by atoms with Gasteiger partial charge in [-0.25, -0.2) is 9.79 Å². The first kappa shape index (κ1) is 25.6. The number of aliphatic imine (C=N–C) groups is 1. The van der Waals surface area contributed by atoms with Gasteiger partial charge in [-0.2, -0.15) is 0 Å². The van der Waals surface area contributed by atoms with Gasteiger partial charge in [0.2, 0.25) is 5.90 Å². The number of benzene rings is 3. The number of halogens is 2. The minimum absolute atomic E-state index is 0.0232. The first-order valence-electron chi connectivity index (χ1n) is 10.9. The average molecular weight is 619 g/mol. The molecule has 0 aromatic heterocycles. The van der Waals surface area contributed by atoms with Crippen LogP contribution in [-0.4, -0.2) is 23.4 Å². The van der Waals surface area contributed by atoms with E-state index in [0.29, 0.717) is 46.4 Å². The Morgan fingerprint density at radius 3 is 2.61 bits per heavy atom. The number of rotatable bonds is 8. The Bertz CT molecular complexity index is 1400. The van der Waals surface area contributed by atoms with Gasteiger partial charge in [-0.1, -0.05) is 29.8 Å². The molecule has 1 aliphatic rings. The second-order valence-electron chi connectivity index (χ2n) is 7.72. The Labute approximate surface area is 225 Å². The predicted molar refractivity (Wildman–Crippen MR) is 145 cm³/mol. The molecule has 10 heteroatoms.